The van der Waals surface area contributed by atoms with Gasteiger partial charge in [-0.2, -0.15) is 0 Å². The number of anilines is 1. The summed E-state index contributed by atoms with van der Waals surface area (Å²) in [6.07, 6.45) is 11.6. The van der Waals surface area contributed by atoms with E-state index < -0.39 is 0 Å². The second-order valence-electron chi connectivity index (χ2n) is 6.92. The van der Waals surface area contributed by atoms with Crippen LogP contribution >= 0.6 is 24.0 Å². The largest absolute Gasteiger partial charge is 0.363 e. The van der Waals surface area contributed by atoms with Crippen LogP contribution in [0.3, 0.4) is 0 Å². The Kier molecular flexibility index (Phi) is 10.8. The van der Waals surface area contributed by atoms with Crippen LogP contribution in [-0.4, -0.2) is 38.6 Å². The SMILES string of the molecule is CN=C(NCCCCC1CCCC1)NCc1ccnc(N(C)C)c1.I. The van der Waals surface area contributed by atoms with Crippen molar-refractivity contribution in [2.45, 2.75) is 51.5 Å². The summed E-state index contributed by atoms with van der Waals surface area (Å²) in [7, 11) is 5.84. The molecule has 2 N–H and O–H groups in total. The molecule has 2 rings (SSSR count). The van der Waals surface area contributed by atoms with Gasteiger partial charge in [-0.15, -0.1) is 24.0 Å². The molecule has 0 unspecified atom stereocenters. The molecule has 142 valence electrons. The van der Waals surface area contributed by atoms with Crippen molar-refractivity contribution >= 4 is 35.8 Å². The zero-order valence-corrected chi connectivity index (χ0v) is 18.3. The second-order valence-corrected chi connectivity index (χ2v) is 6.92. The number of rotatable bonds is 8. The van der Waals surface area contributed by atoms with E-state index >= 15 is 0 Å². The highest BCUT2D eigenvalue weighted by atomic mass is 127. The van der Waals surface area contributed by atoms with E-state index in [9.17, 15) is 0 Å². The maximum Gasteiger partial charge on any atom is 0.191 e. The minimum absolute atomic E-state index is 0. The first-order chi connectivity index (χ1) is 11.7. The van der Waals surface area contributed by atoms with Crippen molar-refractivity contribution in [2.75, 3.05) is 32.6 Å². The number of halogens is 1. The van der Waals surface area contributed by atoms with Crippen LogP contribution in [0, 0.1) is 5.92 Å². The highest BCUT2D eigenvalue weighted by Crippen LogP contribution is 2.28. The fourth-order valence-electron chi connectivity index (χ4n) is 3.29. The van der Waals surface area contributed by atoms with Gasteiger partial charge in [0.05, 0.1) is 0 Å². The summed E-state index contributed by atoms with van der Waals surface area (Å²) in [5, 5.41) is 6.79. The van der Waals surface area contributed by atoms with E-state index in [1.807, 2.05) is 38.3 Å². The predicted molar refractivity (Wildman–Crippen MR) is 118 cm³/mol. The van der Waals surface area contributed by atoms with Crippen LogP contribution in [-0.2, 0) is 6.54 Å². The van der Waals surface area contributed by atoms with Crippen LogP contribution in [0.2, 0.25) is 0 Å². The minimum atomic E-state index is 0. The number of aliphatic imine (C=N–C) groups is 1. The molecule has 0 amide bonds. The number of guanidine groups is 1. The van der Waals surface area contributed by atoms with Crippen molar-refractivity contribution in [1.29, 1.82) is 0 Å². The number of hydrogen-bond donors (Lipinski definition) is 2. The fourth-order valence-corrected chi connectivity index (χ4v) is 3.29. The number of nitrogens with one attached hydrogen (secondary N) is 2. The summed E-state index contributed by atoms with van der Waals surface area (Å²) in [6.45, 7) is 1.75. The molecule has 1 aromatic rings. The van der Waals surface area contributed by atoms with E-state index in [-0.39, 0.29) is 24.0 Å². The minimum Gasteiger partial charge on any atom is -0.363 e. The lowest BCUT2D eigenvalue weighted by Gasteiger charge is -2.14. The average Bonchev–Trinajstić information content (AvgIpc) is 3.11. The Morgan fingerprint density at radius 1 is 1.24 bits per heavy atom. The molecule has 6 heteroatoms. The van der Waals surface area contributed by atoms with Crippen molar-refractivity contribution in [3.63, 3.8) is 0 Å². The first-order valence-electron chi connectivity index (χ1n) is 9.26. The third-order valence-corrected chi connectivity index (χ3v) is 4.76. The van der Waals surface area contributed by atoms with Crippen LogP contribution in [0.1, 0.15) is 50.5 Å². The predicted octanol–water partition coefficient (Wildman–Crippen LogP) is 3.79. The van der Waals surface area contributed by atoms with Gasteiger partial charge in [0.2, 0.25) is 0 Å². The summed E-state index contributed by atoms with van der Waals surface area (Å²) < 4.78 is 0. The average molecular weight is 459 g/mol. The zero-order valence-electron chi connectivity index (χ0n) is 15.9. The van der Waals surface area contributed by atoms with Crippen molar-refractivity contribution < 1.29 is 0 Å². The molecule has 1 fully saturated rings. The van der Waals surface area contributed by atoms with Gasteiger partial charge in [0.25, 0.3) is 0 Å². The number of aromatic nitrogens is 1. The van der Waals surface area contributed by atoms with Crippen LogP contribution in [0.4, 0.5) is 5.82 Å². The van der Waals surface area contributed by atoms with Gasteiger partial charge in [0.15, 0.2) is 5.96 Å². The summed E-state index contributed by atoms with van der Waals surface area (Å²) in [4.78, 5) is 10.7. The third-order valence-electron chi connectivity index (χ3n) is 4.76. The molecule has 1 saturated carbocycles. The number of hydrogen-bond acceptors (Lipinski definition) is 3. The summed E-state index contributed by atoms with van der Waals surface area (Å²) in [5.74, 6) is 2.85. The Hall–Kier alpha value is -1.05. The van der Waals surface area contributed by atoms with Crippen molar-refractivity contribution in [1.82, 2.24) is 15.6 Å². The lowest BCUT2D eigenvalue weighted by atomic mass is 10.0. The van der Waals surface area contributed by atoms with Gasteiger partial charge in [0, 0.05) is 40.4 Å². The number of pyridine rings is 1. The lowest BCUT2D eigenvalue weighted by molar-refractivity contribution is 0.472. The van der Waals surface area contributed by atoms with Gasteiger partial charge >= 0.3 is 0 Å². The van der Waals surface area contributed by atoms with Crippen molar-refractivity contribution in [2.24, 2.45) is 10.9 Å². The van der Waals surface area contributed by atoms with Crippen LogP contribution in [0.5, 0.6) is 0 Å². The maximum absolute atomic E-state index is 4.34. The summed E-state index contributed by atoms with van der Waals surface area (Å²) >= 11 is 0. The number of nitrogens with zero attached hydrogens (tertiary/aromatic N) is 3. The Bertz CT molecular complexity index is 512. The molecule has 5 nitrogen and oxygen atoms in total. The molecule has 0 aliphatic heterocycles. The molecule has 0 atom stereocenters. The van der Waals surface area contributed by atoms with Crippen LogP contribution < -0.4 is 15.5 Å². The molecular formula is C19H34IN5. The van der Waals surface area contributed by atoms with E-state index in [0.717, 1.165) is 30.8 Å². The van der Waals surface area contributed by atoms with E-state index in [2.05, 4.69) is 26.7 Å². The quantitative estimate of drug-likeness (QED) is 0.269. The van der Waals surface area contributed by atoms with E-state index in [0.29, 0.717) is 0 Å². The molecule has 0 aromatic carbocycles. The topological polar surface area (TPSA) is 52.6 Å². The van der Waals surface area contributed by atoms with Crippen LogP contribution in [0.25, 0.3) is 0 Å². The molecular weight excluding hydrogens is 425 g/mol. The molecule has 0 radical (unpaired) electrons. The molecule has 1 aliphatic carbocycles. The Labute approximate surface area is 170 Å². The molecule has 1 aromatic heterocycles. The van der Waals surface area contributed by atoms with Crippen LogP contribution in [0.15, 0.2) is 23.3 Å². The Morgan fingerprint density at radius 2 is 2.00 bits per heavy atom. The monoisotopic (exact) mass is 459 g/mol. The van der Waals surface area contributed by atoms with E-state index in [1.54, 1.807) is 0 Å². The molecule has 0 saturated heterocycles. The Morgan fingerprint density at radius 3 is 2.68 bits per heavy atom. The fraction of sp³-hybridized carbons (Fsp3) is 0.684. The van der Waals surface area contributed by atoms with E-state index in [4.69, 9.17) is 0 Å². The standard InChI is InChI=1S/C19H33N5.HI/c1-20-19(22-12-7-6-10-16-8-4-5-9-16)23-15-17-11-13-21-18(14-17)24(2)3;/h11,13-14,16H,4-10,12,15H2,1-3H3,(H2,20,22,23);1H. The van der Waals surface area contributed by atoms with Gasteiger partial charge in [-0.05, 0) is 30.0 Å². The Balaban J connectivity index is 0.00000312. The zero-order chi connectivity index (χ0) is 17.2. The first-order valence-corrected chi connectivity index (χ1v) is 9.26. The van der Waals surface area contributed by atoms with Crippen molar-refractivity contribution in [3.8, 4) is 0 Å². The first kappa shape index (κ1) is 22.0. The third kappa shape index (κ3) is 8.25. The molecule has 0 spiro atoms. The summed E-state index contributed by atoms with van der Waals surface area (Å²) in [6, 6.07) is 4.14. The van der Waals surface area contributed by atoms with Gasteiger partial charge < -0.3 is 15.5 Å². The highest BCUT2D eigenvalue weighted by Gasteiger charge is 2.13. The summed E-state index contributed by atoms with van der Waals surface area (Å²) in [5.41, 5.74) is 1.21. The van der Waals surface area contributed by atoms with Gasteiger partial charge in [0.1, 0.15) is 5.82 Å². The lowest BCUT2D eigenvalue weighted by Crippen LogP contribution is -2.37. The van der Waals surface area contributed by atoms with Gasteiger partial charge in [-0.1, -0.05) is 38.5 Å². The van der Waals surface area contributed by atoms with Crippen molar-refractivity contribution in [3.05, 3.63) is 23.9 Å². The molecule has 1 aliphatic rings. The molecule has 1 heterocycles. The molecule has 25 heavy (non-hydrogen) atoms. The van der Waals surface area contributed by atoms with E-state index in [1.165, 1.54) is 50.5 Å². The highest BCUT2D eigenvalue weighted by molar-refractivity contribution is 14.0. The molecule has 0 bridgehead atoms. The maximum atomic E-state index is 4.34. The second kappa shape index (κ2) is 12.3. The normalized spacial score (nSPS) is 14.9. The van der Waals surface area contributed by atoms with Gasteiger partial charge in [-0.3, -0.25) is 4.99 Å². The smallest absolute Gasteiger partial charge is 0.191 e. The van der Waals surface area contributed by atoms with Gasteiger partial charge in [-0.25, -0.2) is 4.98 Å². The number of unbranched alkanes of at least 4 members (excludes halogenated alkanes) is 1.